The minimum Gasteiger partial charge on any atom is -0.396 e. The molecule has 7 nitrogen and oxygen atoms in total. The summed E-state index contributed by atoms with van der Waals surface area (Å²) < 4.78 is 29.4. The monoisotopic (exact) mass is 473 g/mol. The van der Waals surface area contributed by atoms with Gasteiger partial charge in [-0.3, -0.25) is 20.2 Å². The number of rotatable bonds is 4. The predicted molar refractivity (Wildman–Crippen MR) is 112 cm³/mol. The average molecular weight is 474 g/mol. The summed E-state index contributed by atoms with van der Waals surface area (Å²) in [4.78, 5) is 24.6. The molecule has 166 valence electrons. The number of aliphatic hydroxyl groups is 1. The molecule has 1 spiro atoms. The maximum Gasteiger partial charge on any atom is 0.250 e. The van der Waals surface area contributed by atoms with E-state index in [1.807, 2.05) is 0 Å². The van der Waals surface area contributed by atoms with Gasteiger partial charge in [0.1, 0.15) is 17.2 Å². The van der Waals surface area contributed by atoms with Crippen molar-refractivity contribution in [2.45, 2.75) is 37.4 Å². The summed E-state index contributed by atoms with van der Waals surface area (Å²) in [5.74, 6) is -3.82. The lowest BCUT2D eigenvalue weighted by atomic mass is 9.74. The van der Waals surface area contributed by atoms with Gasteiger partial charge in [-0.25, -0.2) is 8.78 Å². The van der Waals surface area contributed by atoms with Crippen molar-refractivity contribution in [3.8, 4) is 0 Å². The number of hydrogen-bond acceptors (Lipinski definition) is 5. The Morgan fingerprint density at radius 2 is 1.94 bits per heavy atom. The van der Waals surface area contributed by atoms with Gasteiger partial charge in [0.2, 0.25) is 11.9 Å². The average Bonchev–Trinajstić information content (AvgIpc) is 3.15. The molecule has 0 radical (unpaired) electrons. The number of amides is 1. The number of halogens is 4. The number of nitrogens with zero attached hydrogens (tertiary/aromatic N) is 1. The largest absolute Gasteiger partial charge is 0.396 e. The zero-order valence-electron chi connectivity index (χ0n) is 15.2. The molecular formula is C20H19Cl2F2N3O4. The van der Waals surface area contributed by atoms with Crippen molar-refractivity contribution in [3.63, 3.8) is 0 Å². The first-order valence-electron chi connectivity index (χ1n) is 8.99. The van der Waals surface area contributed by atoms with Crippen LogP contribution in [0.3, 0.4) is 0 Å². The highest BCUT2D eigenvalue weighted by atomic mass is 35.5. The Kier molecular flexibility index (Phi) is 6.25. The molecule has 1 amide bonds. The van der Waals surface area contributed by atoms with E-state index in [4.69, 9.17) is 23.2 Å². The summed E-state index contributed by atoms with van der Waals surface area (Å²) in [5, 5.41) is 26.4. The first kappa shape index (κ1) is 23.3. The molecule has 0 unspecified atom stereocenters. The van der Waals surface area contributed by atoms with Crippen LogP contribution in [0.25, 0.3) is 0 Å². The van der Waals surface area contributed by atoms with Gasteiger partial charge in [0.15, 0.2) is 0 Å². The van der Waals surface area contributed by atoms with Crippen molar-refractivity contribution < 1.29 is 23.6 Å². The van der Waals surface area contributed by atoms with E-state index >= 15 is 4.39 Å². The number of nitro groups is 1. The number of carbonyl (C=O) groups is 1. The zero-order valence-corrected chi connectivity index (χ0v) is 16.7. The third-order valence-corrected chi connectivity index (χ3v) is 6.31. The van der Waals surface area contributed by atoms with Gasteiger partial charge in [-0.05, 0) is 24.6 Å². The molecule has 4 atom stereocenters. The van der Waals surface area contributed by atoms with E-state index in [2.05, 4.69) is 10.6 Å². The maximum absolute atomic E-state index is 15.0. The standard InChI is InChI=1S/C19H15Cl2F2N3O4.CH4/c20-10-3-1-2-8(16(10)23)15-17(26(29)30)13(4-5-27)25-19(15)9-6-12(22)11(21)7-14(9)24-18(19)28;/h1-3,6-7,13,15,17,25,27H,4-5H2,(H,24,28);1H4/t13-,15-,17+,19+;/m0./s1. The predicted octanol–water partition coefficient (Wildman–Crippen LogP) is 3.84. The fourth-order valence-electron chi connectivity index (χ4n) is 4.56. The molecule has 2 aromatic carbocycles. The van der Waals surface area contributed by atoms with E-state index in [1.165, 1.54) is 24.3 Å². The van der Waals surface area contributed by atoms with Gasteiger partial charge >= 0.3 is 0 Å². The van der Waals surface area contributed by atoms with E-state index in [9.17, 15) is 24.4 Å². The molecular weight excluding hydrogens is 455 g/mol. The normalized spacial score (nSPS) is 26.5. The molecule has 1 saturated heterocycles. The molecule has 11 heteroatoms. The van der Waals surface area contributed by atoms with E-state index < -0.39 is 52.6 Å². The van der Waals surface area contributed by atoms with Crippen LogP contribution in [-0.2, 0) is 10.3 Å². The Balaban J connectivity index is 0.00000272. The summed E-state index contributed by atoms with van der Waals surface area (Å²) in [6.07, 6.45) is -0.0786. The summed E-state index contributed by atoms with van der Waals surface area (Å²) in [6.45, 7) is -0.410. The van der Waals surface area contributed by atoms with Crippen molar-refractivity contribution in [1.82, 2.24) is 5.32 Å². The van der Waals surface area contributed by atoms with Crippen molar-refractivity contribution in [2.24, 2.45) is 0 Å². The number of hydrogen-bond donors (Lipinski definition) is 3. The van der Waals surface area contributed by atoms with Crippen molar-refractivity contribution in [2.75, 3.05) is 11.9 Å². The molecule has 3 N–H and O–H groups in total. The Bertz CT molecular complexity index is 1070. The highest BCUT2D eigenvalue weighted by Gasteiger charge is 2.67. The summed E-state index contributed by atoms with van der Waals surface area (Å²) in [6, 6.07) is 3.72. The second-order valence-electron chi connectivity index (χ2n) is 7.23. The van der Waals surface area contributed by atoms with Crippen LogP contribution in [0.2, 0.25) is 10.0 Å². The van der Waals surface area contributed by atoms with Crippen LogP contribution >= 0.6 is 23.2 Å². The van der Waals surface area contributed by atoms with Crippen LogP contribution in [-0.4, -0.2) is 34.6 Å². The van der Waals surface area contributed by atoms with Gasteiger partial charge in [-0.2, -0.15) is 0 Å². The molecule has 4 rings (SSSR count). The van der Waals surface area contributed by atoms with Crippen LogP contribution in [0.4, 0.5) is 14.5 Å². The lowest BCUT2D eigenvalue weighted by molar-refractivity contribution is -0.527. The molecule has 1 fully saturated rings. The second kappa shape index (κ2) is 8.31. The van der Waals surface area contributed by atoms with Crippen molar-refractivity contribution in [3.05, 3.63) is 73.3 Å². The first-order chi connectivity index (χ1) is 14.2. The van der Waals surface area contributed by atoms with Gasteiger partial charge in [-0.1, -0.05) is 42.8 Å². The van der Waals surface area contributed by atoms with E-state index in [-0.39, 0.29) is 40.7 Å². The molecule has 2 heterocycles. The molecule has 0 aromatic heterocycles. The smallest absolute Gasteiger partial charge is 0.250 e. The molecule has 0 bridgehead atoms. The van der Waals surface area contributed by atoms with E-state index in [0.717, 1.165) is 6.07 Å². The number of fused-ring (bicyclic) bond motifs is 2. The van der Waals surface area contributed by atoms with Gasteiger partial charge in [0.05, 0.1) is 22.0 Å². The lowest BCUT2D eigenvalue weighted by Crippen LogP contribution is -2.49. The summed E-state index contributed by atoms with van der Waals surface area (Å²) in [5.41, 5.74) is -1.77. The second-order valence-corrected chi connectivity index (χ2v) is 8.05. The number of anilines is 1. The van der Waals surface area contributed by atoms with Crippen LogP contribution in [0, 0.1) is 21.7 Å². The third-order valence-electron chi connectivity index (χ3n) is 5.73. The Morgan fingerprint density at radius 3 is 2.58 bits per heavy atom. The quantitative estimate of drug-likeness (QED) is 0.462. The zero-order chi connectivity index (χ0) is 21.8. The van der Waals surface area contributed by atoms with E-state index in [1.54, 1.807) is 0 Å². The van der Waals surface area contributed by atoms with Crippen molar-refractivity contribution >= 4 is 34.8 Å². The van der Waals surface area contributed by atoms with Gasteiger partial charge < -0.3 is 10.4 Å². The molecule has 2 aliphatic heterocycles. The number of nitrogens with one attached hydrogen (secondary N) is 2. The third kappa shape index (κ3) is 3.36. The lowest BCUT2D eigenvalue weighted by Gasteiger charge is -2.30. The number of benzene rings is 2. The highest BCUT2D eigenvalue weighted by Crippen LogP contribution is 2.54. The van der Waals surface area contributed by atoms with Crippen molar-refractivity contribution in [1.29, 1.82) is 0 Å². The molecule has 0 saturated carbocycles. The van der Waals surface area contributed by atoms with Crippen LogP contribution in [0.5, 0.6) is 0 Å². The van der Waals surface area contributed by atoms with Gasteiger partial charge in [-0.15, -0.1) is 0 Å². The van der Waals surface area contributed by atoms with Crippen LogP contribution in [0.15, 0.2) is 30.3 Å². The molecule has 0 aliphatic carbocycles. The fourth-order valence-corrected chi connectivity index (χ4v) is 4.90. The SMILES string of the molecule is C.O=C1Nc2cc(Cl)c(F)cc2[C@]12N[C@@H](CCO)[C@@H]([N+](=O)[O-])[C@@H]2c1cccc(Cl)c1F. The maximum atomic E-state index is 15.0. The number of carbonyl (C=O) groups excluding carboxylic acids is 1. The van der Waals surface area contributed by atoms with Gasteiger partial charge in [0.25, 0.3) is 0 Å². The minimum atomic E-state index is -1.86. The Morgan fingerprint density at radius 1 is 1.23 bits per heavy atom. The Labute approximate surface area is 186 Å². The topological polar surface area (TPSA) is 104 Å². The molecule has 2 aromatic rings. The molecule has 31 heavy (non-hydrogen) atoms. The fraction of sp³-hybridized carbons (Fsp3) is 0.350. The first-order valence-corrected chi connectivity index (χ1v) is 9.75. The van der Waals surface area contributed by atoms with E-state index in [0.29, 0.717) is 0 Å². The summed E-state index contributed by atoms with van der Waals surface area (Å²) in [7, 11) is 0. The van der Waals surface area contributed by atoms with Gasteiger partial charge in [0, 0.05) is 28.3 Å². The number of aliphatic hydroxyl groups excluding tert-OH is 1. The highest BCUT2D eigenvalue weighted by molar-refractivity contribution is 6.31. The Hall–Kier alpha value is -2.33. The molecule has 2 aliphatic rings. The summed E-state index contributed by atoms with van der Waals surface area (Å²) >= 11 is 11.7. The van der Waals surface area contributed by atoms with Crippen LogP contribution in [0.1, 0.15) is 30.9 Å². The minimum absolute atomic E-state index is 0. The van der Waals surface area contributed by atoms with Crippen LogP contribution < -0.4 is 10.6 Å².